The number of urea groups is 1. The van der Waals surface area contributed by atoms with Gasteiger partial charge in [-0.3, -0.25) is 0 Å². The number of aryl methyl sites for hydroxylation is 1. The number of aromatic nitrogens is 2. The van der Waals surface area contributed by atoms with Gasteiger partial charge in [0.25, 0.3) is 0 Å². The predicted molar refractivity (Wildman–Crippen MR) is 86.0 cm³/mol. The van der Waals surface area contributed by atoms with Gasteiger partial charge >= 0.3 is 6.03 Å². The van der Waals surface area contributed by atoms with Crippen LogP contribution in [0.4, 0.5) is 10.5 Å². The van der Waals surface area contributed by atoms with Crippen LogP contribution in [0.3, 0.4) is 0 Å². The Kier molecular flexibility index (Phi) is 4.29. The van der Waals surface area contributed by atoms with Gasteiger partial charge in [-0.1, -0.05) is 17.1 Å². The number of hydrogen-bond acceptors (Lipinski definition) is 4. The molecule has 1 aliphatic rings. The summed E-state index contributed by atoms with van der Waals surface area (Å²) in [5.41, 5.74) is 1.43. The van der Waals surface area contributed by atoms with Crippen molar-refractivity contribution in [2.75, 3.05) is 18.4 Å². The molecule has 1 aromatic carbocycles. The number of amides is 2. The third-order valence-corrected chi connectivity index (χ3v) is 3.88. The number of likely N-dealkylation sites (tertiary alicyclic amines) is 1. The summed E-state index contributed by atoms with van der Waals surface area (Å²) in [7, 11) is 0. The maximum absolute atomic E-state index is 12.4. The summed E-state index contributed by atoms with van der Waals surface area (Å²) in [5, 5.41) is 6.71. The van der Waals surface area contributed by atoms with Crippen LogP contribution in [0.1, 0.15) is 36.0 Å². The Labute approximate surface area is 134 Å². The van der Waals surface area contributed by atoms with Crippen LogP contribution in [0.25, 0.3) is 0 Å². The van der Waals surface area contributed by atoms with Crippen molar-refractivity contribution in [3.05, 3.63) is 41.5 Å². The third-order valence-electron chi connectivity index (χ3n) is 3.88. The normalized spacial score (nSPS) is 17.6. The lowest BCUT2D eigenvalue weighted by Crippen LogP contribution is -2.41. The second-order valence-corrected chi connectivity index (χ2v) is 5.62. The van der Waals surface area contributed by atoms with Crippen molar-refractivity contribution in [3.8, 4) is 12.3 Å². The van der Waals surface area contributed by atoms with E-state index in [1.807, 2.05) is 18.2 Å². The van der Waals surface area contributed by atoms with Crippen LogP contribution in [0.15, 0.2) is 28.8 Å². The standard InChI is InChI=1S/C17H18N4O2/c1-3-13-6-4-8-15(10-13)19-17(22)21-9-5-7-14(11-21)16-18-12(2)20-23-16/h1,4,6,8,10,14H,5,7,9,11H2,2H3,(H,19,22)/t14-/m0/s1. The second-order valence-electron chi connectivity index (χ2n) is 5.62. The van der Waals surface area contributed by atoms with Crippen molar-refractivity contribution in [1.82, 2.24) is 15.0 Å². The monoisotopic (exact) mass is 310 g/mol. The highest BCUT2D eigenvalue weighted by Gasteiger charge is 2.28. The molecule has 118 valence electrons. The van der Waals surface area contributed by atoms with E-state index in [1.54, 1.807) is 17.9 Å². The number of piperidine rings is 1. The number of nitrogens with one attached hydrogen (secondary N) is 1. The van der Waals surface area contributed by atoms with E-state index >= 15 is 0 Å². The molecule has 6 heteroatoms. The molecule has 1 atom stereocenters. The van der Waals surface area contributed by atoms with Gasteiger partial charge in [-0.25, -0.2) is 4.79 Å². The summed E-state index contributed by atoms with van der Waals surface area (Å²) in [6.45, 7) is 3.07. The molecule has 2 aromatic rings. The Morgan fingerprint density at radius 1 is 1.52 bits per heavy atom. The van der Waals surface area contributed by atoms with Gasteiger partial charge in [0.05, 0.1) is 5.92 Å². The van der Waals surface area contributed by atoms with Gasteiger partial charge in [-0.2, -0.15) is 4.98 Å². The van der Waals surface area contributed by atoms with Gasteiger partial charge in [0.1, 0.15) is 0 Å². The fourth-order valence-corrected chi connectivity index (χ4v) is 2.73. The quantitative estimate of drug-likeness (QED) is 0.866. The van der Waals surface area contributed by atoms with Crippen LogP contribution >= 0.6 is 0 Å². The summed E-state index contributed by atoms with van der Waals surface area (Å²) in [4.78, 5) is 18.5. The summed E-state index contributed by atoms with van der Waals surface area (Å²) < 4.78 is 5.24. The van der Waals surface area contributed by atoms with Crippen LogP contribution in [0, 0.1) is 19.3 Å². The summed E-state index contributed by atoms with van der Waals surface area (Å²) >= 11 is 0. The van der Waals surface area contributed by atoms with E-state index in [-0.39, 0.29) is 11.9 Å². The van der Waals surface area contributed by atoms with E-state index in [1.165, 1.54) is 0 Å². The molecule has 0 radical (unpaired) electrons. The van der Waals surface area contributed by atoms with E-state index < -0.39 is 0 Å². The molecule has 1 aliphatic heterocycles. The zero-order chi connectivity index (χ0) is 16.2. The molecular weight excluding hydrogens is 292 g/mol. The Morgan fingerprint density at radius 2 is 2.39 bits per heavy atom. The van der Waals surface area contributed by atoms with Crippen molar-refractivity contribution in [3.63, 3.8) is 0 Å². The average molecular weight is 310 g/mol. The summed E-state index contributed by atoms with van der Waals surface area (Å²) in [6.07, 6.45) is 7.23. The third kappa shape index (κ3) is 3.51. The smallest absolute Gasteiger partial charge is 0.321 e. The molecule has 23 heavy (non-hydrogen) atoms. The highest BCUT2D eigenvalue weighted by molar-refractivity contribution is 5.89. The van der Waals surface area contributed by atoms with Crippen LogP contribution in [0.5, 0.6) is 0 Å². The van der Waals surface area contributed by atoms with Crippen LogP contribution in [-0.2, 0) is 0 Å². The Balaban J connectivity index is 1.66. The highest BCUT2D eigenvalue weighted by Crippen LogP contribution is 2.26. The van der Waals surface area contributed by atoms with E-state index in [9.17, 15) is 4.79 Å². The van der Waals surface area contributed by atoms with Crippen LogP contribution in [-0.4, -0.2) is 34.2 Å². The molecule has 1 fully saturated rings. The number of rotatable bonds is 2. The van der Waals surface area contributed by atoms with Gasteiger partial charge in [0.2, 0.25) is 5.89 Å². The zero-order valence-electron chi connectivity index (χ0n) is 13.0. The molecule has 3 rings (SSSR count). The molecule has 2 heterocycles. The number of hydrogen-bond donors (Lipinski definition) is 1. The molecule has 0 saturated carbocycles. The van der Waals surface area contributed by atoms with Crippen LogP contribution < -0.4 is 5.32 Å². The molecule has 1 aromatic heterocycles. The van der Waals surface area contributed by atoms with Gasteiger partial charge < -0.3 is 14.7 Å². The topological polar surface area (TPSA) is 71.3 Å². The Bertz CT molecular complexity index is 747. The maximum atomic E-state index is 12.4. The van der Waals surface area contributed by atoms with Crippen molar-refractivity contribution in [2.24, 2.45) is 0 Å². The summed E-state index contributed by atoms with van der Waals surface area (Å²) in [6, 6.07) is 7.11. The first-order valence-corrected chi connectivity index (χ1v) is 7.58. The molecule has 6 nitrogen and oxygen atoms in total. The SMILES string of the molecule is C#Cc1cccc(NC(=O)N2CCC[C@H](c3nc(C)no3)C2)c1. The molecule has 1 N–H and O–H groups in total. The van der Waals surface area contributed by atoms with Crippen molar-refractivity contribution in [2.45, 2.75) is 25.7 Å². The second kappa shape index (κ2) is 6.53. The molecule has 2 amide bonds. The maximum Gasteiger partial charge on any atom is 0.321 e. The largest absolute Gasteiger partial charge is 0.339 e. The van der Waals surface area contributed by atoms with Crippen molar-refractivity contribution in [1.29, 1.82) is 0 Å². The van der Waals surface area contributed by atoms with E-state index in [4.69, 9.17) is 10.9 Å². The van der Waals surface area contributed by atoms with Crippen LogP contribution in [0.2, 0.25) is 0 Å². The number of carbonyl (C=O) groups is 1. The number of anilines is 1. The van der Waals surface area contributed by atoms with Gasteiger partial charge in [0.15, 0.2) is 5.82 Å². The lowest BCUT2D eigenvalue weighted by Gasteiger charge is -2.31. The number of terminal acetylenes is 1. The minimum atomic E-state index is -0.139. The predicted octanol–water partition coefficient (Wildman–Crippen LogP) is 2.77. The summed E-state index contributed by atoms with van der Waals surface area (Å²) in [5.74, 6) is 3.87. The molecule has 0 bridgehead atoms. The molecule has 0 aliphatic carbocycles. The lowest BCUT2D eigenvalue weighted by molar-refractivity contribution is 0.184. The minimum absolute atomic E-state index is 0.0905. The highest BCUT2D eigenvalue weighted by atomic mass is 16.5. The van der Waals surface area contributed by atoms with Gasteiger partial charge in [-0.05, 0) is 38.0 Å². The minimum Gasteiger partial charge on any atom is -0.339 e. The van der Waals surface area contributed by atoms with E-state index in [2.05, 4.69) is 21.4 Å². The first-order chi connectivity index (χ1) is 11.2. The Morgan fingerprint density at radius 3 is 3.13 bits per heavy atom. The first kappa shape index (κ1) is 15.1. The fraction of sp³-hybridized carbons (Fsp3) is 0.353. The van der Waals surface area contributed by atoms with Gasteiger partial charge in [0, 0.05) is 24.3 Å². The average Bonchev–Trinajstić information content (AvgIpc) is 3.01. The molecule has 0 spiro atoms. The van der Waals surface area contributed by atoms with E-state index in [0.717, 1.165) is 18.4 Å². The number of carbonyl (C=O) groups excluding carboxylic acids is 1. The number of benzene rings is 1. The first-order valence-electron chi connectivity index (χ1n) is 7.58. The lowest BCUT2D eigenvalue weighted by atomic mass is 9.98. The van der Waals surface area contributed by atoms with E-state index in [0.29, 0.717) is 30.5 Å². The number of nitrogens with zero attached hydrogens (tertiary/aromatic N) is 3. The van der Waals surface area contributed by atoms with Gasteiger partial charge in [-0.15, -0.1) is 6.42 Å². The zero-order valence-corrected chi connectivity index (χ0v) is 13.0. The molecular formula is C17H18N4O2. The van der Waals surface area contributed by atoms with Crippen molar-refractivity contribution >= 4 is 11.7 Å². The Hall–Kier alpha value is -2.81. The fourth-order valence-electron chi connectivity index (χ4n) is 2.73. The molecule has 0 unspecified atom stereocenters. The van der Waals surface area contributed by atoms with Crippen molar-refractivity contribution < 1.29 is 9.32 Å². The molecule has 1 saturated heterocycles.